The van der Waals surface area contributed by atoms with Crippen molar-refractivity contribution >= 4 is 5.69 Å². The average molecular weight is 231 g/mol. The third-order valence-electron chi connectivity index (χ3n) is 2.45. The second kappa shape index (κ2) is 4.45. The van der Waals surface area contributed by atoms with Crippen LogP contribution in [-0.4, -0.2) is 0 Å². The van der Waals surface area contributed by atoms with E-state index in [1.54, 1.807) is 6.07 Å². The normalized spacial score (nSPS) is 10.3. The third-order valence-corrected chi connectivity index (χ3v) is 2.45. The molecule has 0 radical (unpaired) electrons. The first-order valence-corrected chi connectivity index (χ1v) is 5.36. The molecule has 0 unspecified atom stereocenters. The SMILES string of the molecule is Cc1ccc(Oc2cc(N)cc(F)c2)c(C)c1. The molecule has 88 valence electrons. The zero-order valence-corrected chi connectivity index (χ0v) is 9.83. The standard InChI is InChI=1S/C14H14FNO/c1-9-3-4-14(10(2)5-9)17-13-7-11(15)6-12(16)8-13/h3-8H,16H2,1-2H3. The van der Waals surface area contributed by atoms with Gasteiger partial charge in [-0.1, -0.05) is 17.7 Å². The minimum absolute atomic E-state index is 0.352. The molecule has 0 aliphatic rings. The van der Waals surface area contributed by atoms with E-state index in [9.17, 15) is 4.39 Å². The molecule has 2 N–H and O–H groups in total. The maximum Gasteiger partial charge on any atom is 0.132 e. The number of nitrogen functional groups attached to an aromatic ring is 1. The molecule has 0 saturated carbocycles. The lowest BCUT2D eigenvalue weighted by molar-refractivity contribution is 0.473. The molecule has 0 aromatic heterocycles. The quantitative estimate of drug-likeness (QED) is 0.797. The van der Waals surface area contributed by atoms with Crippen molar-refractivity contribution in [1.82, 2.24) is 0 Å². The van der Waals surface area contributed by atoms with Gasteiger partial charge in [0.15, 0.2) is 0 Å². The Bertz CT molecular complexity index is 532. The third kappa shape index (κ3) is 2.75. The Kier molecular flexibility index (Phi) is 3.00. The molecule has 0 bridgehead atoms. The van der Waals surface area contributed by atoms with Crippen molar-refractivity contribution in [2.45, 2.75) is 13.8 Å². The van der Waals surface area contributed by atoms with E-state index in [-0.39, 0.29) is 0 Å². The molecule has 2 nitrogen and oxygen atoms in total. The minimum atomic E-state index is -0.398. The van der Waals surface area contributed by atoms with E-state index in [2.05, 4.69) is 0 Å². The van der Waals surface area contributed by atoms with Gasteiger partial charge in [-0.3, -0.25) is 0 Å². The van der Waals surface area contributed by atoms with Crippen molar-refractivity contribution in [3.63, 3.8) is 0 Å². The molecule has 0 fully saturated rings. The fourth-order valence-electron chi connectivity index (χ4n) is 1.68. The van der Waals surface area contributed by atoms with Gasteiger partial charge in [0, 0.05) is 17.8 Å². The predicted octanol–water partition coefficient (Wildman–Crippen LogP) is 3.82. The molecule has 2 aromatic carbocycles. The van der Waals surface area contributed by atoms with E-state index in [1.165, 1.54) is 12.1 Å². The molecule has 0 heterocycles. The molecule has 0 amide bonds. The number of rotatable bonds is 2. The lowest BCUT2D eigenvalue weighted by Gasteiger charge is -2.10. The fraction of sp³-hybridized carbons (Fsp3) is 0.143. The Balaban J connectivity index is 2.31. The summed E-state index contributed by atoms with van der Waals surface area (Å²) >= 11 is 0. The molecule has 0 spiro atoms. The van der Waals surface area contributed by atoms with E-state index >= 15 is 0 Å². The molecule has 17 heavy (non-hydrogen) atoms. The van der Waals surface area contributed by atoms with Gasteiger partial charge in [0.2, 0.25) is 0 Å². The molecule has 0 saturated heterocycles. The number of hydrogen-bond acceptors (Lipinski definition) is 2. The van der Waals surface area contributed by atoms with Crippen LogP contribution in [-0.2, 0) is 0 Å². The minimum Gasteiger partial charge on any atom is -0.457 e. The van der Waals surface area contributed by atoms with Crippen molar-refractivity contribution in [3.05, 3.63) is 53.3 Å². The topological polar surface area (TPSA) is 35.2 Å². The van der Waals surface area contributed by atoms with E-state index in [0.29, 0.717) is 17.2 Å². The van der Waals surface area contributed by atoms with Crippen LogP contribution in [0.2, 0.25) is 0 Å². The van der Waals surface area contributed by atoms with Crippen LogP contribution >= 0.6 is 0 Å². The van der Waals surface area contributed by atoms with Crippen molar-refractivity contribution in [2.24, 2.45) is 0 Å². The van der Waals surface area contributed by atoms with Gasteiger partial charge in [-0.2, -0.15) is 0 Å². The van der Waals surface area contributed by atoms with Crippen LogP contribution in [0.25, 0.3) is 0 Å². The van der Waals surface area contributed by atoms with Gasteiger partial charge >= 0.3 is 0 Å². The van der Waals surface area contributed by atoms with Crippen LogP contribution in [0, 0.1) is 19.7 Å². The lowest BCUT2D eigenvalue weighted by atomic mass is 10.1. The van der Waals surface area contributed by atoms with Gasteiger partial charge in [0.05, 0.1) is 0 Å². The highest BCUT2D eigenvalue weighted by atomic mass is 19.1. The Morgan fingerprint density at radius 2 is 1.82 bits per heavy atom. The van der Waals surface area contributed by atoms with E-state index in [4.69, 9.17) is 10.5 Å². The number of benzene rings is 2. The summed E-state index contributed by atoms with van der Waals surface area (Å²) in [6.45, 7) is 3.96. The number of anilines is 1. The predicted molar refractivity (Wildman–Crippen MR) is 66.8 cm³/mol. The van der Waals surface area contributed by atoms with Crippen molar-refractivity contribution < 1.29 is 9.13 Å². The highest BCUT2D eigenvalue weighted by Gasteiger charge is 2.04. The zero-order valence-electron chi connectivity index (χ0n) is 9.83. The maximum absolute atomic E-state index is 13.1. The van der Waals surface area contributed by atoms with Gasteiger partial charge in [-0.05, 0) is 31.5 Å². The molecule has 3 heteroatoms. The summed E-state index contributed by atoms with van der Waals surface area (Å²) in [6.07, 6.45) is 0. The fourth-order valence-corrected chi connectivity index (χ4v) is 1.68. The summed E-state index contributed by atoms with van der Waals surface area (Å²) < 4.78 is 18.7. The Hall–Kier alpha value is -2.03. The van der Waals surface area contributed by atoms with Crippen molar-refractivity contribution in [3.8, 4) is 11.5 Å². The molecule has 0 aliphatic heterocycles. The van der Waals surface area contributed by atoms with Crippen LogP contribution in [0.4, 0.5) is 10.1 Å². The number of hydrogen-bond donors (Lipinski definition) is 1. The molecule has 2 rings (SSSR count). The lowest BCUT2D eigenvalue weighted by Crippen LogP contribution is -1.92. The van der Waals surface area contributed by atoms with E-state index in [0.717, 1.165) is 11.1 Å². The van der Waals surface area contributed by atoms with Crippen LogP contribution in [0.3, 0.4) is 0 Å². The monoisotopic (exact) mass is 231 g/mol. The van der Waals surface area contributed by atoms with Gasteiger partial charge in [-0.15, -0.1) is 0 Å². The first-order chi connectivity index (χ1) is 8.04. The Labute approximate surface area is 99.8 Å². The highest BCUT2D eigenvalue weighted by Crippen LogP contribution is 2.27. The summed E-state index contributed by atoms with van der Waals surface area (Å²) in [5.41, 5.74) is 8.07. The van der Waals surface area contributed by atoms with Crippen LogP contribution in [0.1, 0.15) is 11.1 Å². The Morgan fingerprint density at radius 1 is 1.06 bits per heavy atom. The Morgan fingerprint density at radius 3 is 2.47 bits per heavy atom. The first kappa shape index (κ1) is 11.5. The molecule has 2 aromatic rings. The average Bonchev–Trinajstić information content (AvgIpc) is 2.21. The van der Waals surface area contributed by atoms with Crippen LogP contribution < -0.4 is 10.5 Å². The molecule has 0 atom stereocenters. The summed E-state index contributed by atoms with van der Waals surface area (Å²) in [4.78, 5) is 0. The highest BCUT2D eigenvalue weighted by molar-refractivity contribution is 5.47. The molecular formula is C14H14FNO. The molecular weight excluding hydrogens is 217 g/mol. The van der Waals surface area contributed by atoms with Crippen LogP contribution in [0.15, 0.2) is 36.4 Å². The number of aryl methyl sites for hydroxylation is 2. The first-order valence-electron chi connectivity index (χ1n) is 5.36. The largest absolute Gasteiger partial charge is 0.457 e. The smallest absolute Gasteiger partial charge is 0.132 e. The maximum atomic E-state index is 13.1. The van der Waals surface area contributed by atoms with Gasteiger partial charge in [0.1, 0.15) is 17.3 Å². The van der Waals surface area contributed by atoms with E-state index < -0.39 is 5.82 Å². The number of ether oxygens (including phenoxy) is 1. The van der Waals surface area contributed by atoms with Crippen molar-refractivity contribution in [1.29, 1.82) is 0 Å². The van der Waals surface area contributed by atoms with Crippen LogP contribution in [0.5, 0.6) is 11.5 Å². The van der Waals surface area contributed by atoms with Crippen molar-refractivity contribution in [2.75, 3.05) is 5.73 Å². The number of nitrogens with two attached hydrogens (primary N) is 1. The molecule has 0 aliphatic carbocycles. The summed E-state index contributed by atoms with van der Waals surface area (Å²) in [6, 6.07) is 10.0. The van der Waals surface area contributed by atoms with Gasteiger partial charge < -0.3 is 10.5 Å². The van der Waals surface area contributed by atoms with Gasteiger partial charge in [-0.25, -0.2) is 4.39 Å². The summed E-state index contributed by atoms with van der Waals surface area (Å²) in [5, 5.41) is 0. The number of halogens is 1. The summed E-state index contributed by atoms with van der Waals surface area (Å²) in [5.74, 6) is 0.722. The summed E-state index contributed by atoms with van der Waals surface area (Å²) in [7, 11) is 0. The van der Waals surface area contributed by atoms with Gasteiger partial charge in [0.25, 0.3) is 0 Å². The second-order valence-electron chi connectivity index (χ2n) is 4.09. The van der Waals surface area contributed by atoms with E-state index in [1.807, 2.05) is 32.0 Å². The second-order valence-corrected chi connectivity index (χ2v) is 4.09. The zero-order chi connectivity index (χ0) is 12.4.